The summed E-state index contributed by atoms with van der Waals surface area (Å²) in [5.41, 5.74) is 0.0957. The number of nitrogens with zero attached hydrogens (tertiary/aromatic N) is 1. The van der Waals surface area contributed by atoms with Gasteiger partial charge in [0.2, 0.25) is 0 Å². The Morgan fingerprint density at radius 1 is 1.31 bits per heavy atom. The van der Waals surface area contributed by atoms with E-state index in [-0.39, 0.29) is 18.1 Å². The summed E-state index contributed by atoms with van der Waals surface area (Å²) in [6.07, 6.45) is 3.51. The molecule has 0 aliphatic carbocycles. The Kier molecular flexibility index (Phi) is 9.34. The van der Waals surface area contributed by atoms with Crippen molar-refractivity contribution in [2.45, 2.75) is 38.7 Å². The van der Waals surface area contributed by atoms with Crippen LogP contribution in [0.15, 0.2) is 23.2 Å². The van der Waals surface area contributed by atoms with E-state index in [1.165, 1.54) is 18.2 Å². The molecule has 0 aromatic heterocycles. The molecule has 1 aromatic rings. The summed E-state index contributed by atoms with van der Waals surface area (Å²) >= 11 is 0. The Balaban J connectivity index is 1.65. The van der Waals surface area contributed by atoms with Crippen LogP contribution in [0.3, 0.4) is 0 Å². The van der Waals surface area contributed by atoms with Crippen LogP contribution in [0.25, 0.3) is 0 Å². The van der Waals surface area contributed by atoms with Crippen molar-refractivity contribution in [1.82, 2.24) is 10.6 Å². The Morgan fingerprint density at radius 2 is 2.12 bits per heavy atom. The molecule has 2 rings (SSSR count). The monoisotopic (exact) mass is 369 g/mol. The molecule has 1 atom stereocenters. The number of nitrogens with one attached hydrogen (secondary N) is 2. The highest BCUT2D eigenvalue weighted by atomic mass is 19.1. The number of hydrogen-bond acceptors (Lipinski definition) is 3. The zero-order chi connectivity index (χ0) is 18.6. The lowest BCUT2D eigenvalue weighted by Crippen LogP contribution is -2.38. The molecular weight excluding hydrogens is 340 g/mol. The highest BCUT2D eigenvalue weighted by Crippen LogP contribution is 2.12. The topological polar surface area (TPSA) is 54.9 Å². The second kappa shape index (κ2) is 11.8. The van der Waals surface area contributed by atoms with Gasteiger partial charge in [0.25, 0.3) is 0 Å². The molecule has 5 nitrogen and oxygen atoms in total. The van der Waals surface area contributed by atoms with Crippen molar-refractivity contribution in [3.63, 3.8) is 0 Å². The van der Waals surface area contributed by atoms with E-state index in [9.17, 15) is 8.78 Å². The number of hydrogen-bond donors (Lipinski definition) is 2. The van der Waals surface area contributed by atoms with Crippen LogP contribution in [0.1, 0.15) is 31.7 Å². The molecule has 0 spiro atoms. The molecule has 0 bridgehead atoms. The normalized spacial score (nSPS) is 17.5. The summed E-state index contributed by atoms with van der Waals surface area (Å²) in [5.74, 6) is -0.391. The van der Waals surface area contributed by atoms with Crippen LogP contribution >= 0.6 is 0 Å². The predicted octanol–water partition coefficient (Wildman–Crippen LogP) is 2.65. The van der Waals surface area contributed by atoms with Gasteiger partial charge in [-0.05, 0) is 44.7 Å². The summed E-state index contributed by atoms with van der Waals surface area (Å²) in [6, 6.07) is 3.91. The van der Waals surface area contributed by atoms with E-state index in [0.29, 0.717) is 32.3 Å². The fourth-order valence-corrected chi connectivity index (χ4v) is 2.77. The van der Waals surface area contributed by atoms with Crippen molar-refractivity contribution in [2.24, 2.45) is 4.99 Å². The maximum absolute atomic E-state index is 13.6. The van der Waals surface area contributed by atoms with Crippen LogP contribution in [-0.2, 0) is 15.9 Å². The molecule has 1 saturated heterocycles. The van der Waals surface area contributed by atoms with E-state index in [1.807, 2.05) is 6.92 Å². The van der Waals surface area contributed by atoms with Crippen molar-refractivity contribution in [2.75, 3.05) is 39.5 Å². The van der Waals surface area contributed by atoms with Gasteiger partial charge in [-0.3, -0.25) is 4.99 Å². The molecule has 2 N–H and O–H groups in total. The van der Waals surface area contributed by atoms with E-state index in [1.54, 1.807) is 0 Å². The predicted molar refractivity (Wildman–Crippen MR) is 98.5 cm³/mol. The lowest BCUT2D eigenvalue weighted by Gasteiger charge is -2.12. The van der Waals surface area contributed by atoms with Crippen molar-refractivity contribution in [3.05, 3.63) is 35.4 Å². The fourth-order valence-electron chi connectivity index (χ4n) is 2.77. The van der Waals surface area contributed by atoms with Gasteiger partial charge in [0.15, 0.2) is 5.96 Å². The molecule has 1 aromatic carbocycles. The Bertz CT molecular complexity index is 543. The summed E-state index contributed by atoms with van der Waals surface area (Å²) < 4.78 is 38.3. The Labute approximate surface area is 154 Å². The number of benzene rings is 1. The second-order valence-corrected chi connectivity index (χ2v) is 6.20. The first kappa shape index (κ1) is 20.6. The summed E-state index contributed by atoms with van der Waals surface area (Å²) in [4.78, 5) is 4.45. The zero-order valence-corrected chi connectivity index (χ0v) is 15.4. The van der Waals surface area contributed by atoms with Gasteiger partial charge in [-0.1, -0.05) is 6.07 Å². The van der Waals surface area contributed by atoms with E-state index < -0.39 is 11.6 Å². The van der Waals surface area contributed by atoms with Crippen LogP contribution in [-0.4, -0.2) is 51.5 Å². The van der Waals surface area contributed by atoms with Crippen LogP contribution in [0.4, 0.5) is 8.78 Å². The molecule has 1 aliphatic heterocycles. The first-order valence-corrected chi connectivity index (χ1v) is 9.35. The highest BCUT2D eigenvalue weighted by Gasteiger charge is 2.14. The third-order valence-corrected chi connectivity index (χ3v) is 4.12. The lowest BCUT2D eigenvalue weighted by atomic mass is 10.1. The minimum absolute atomic E-state index is 0.0957. The zero-order valence-electron chi connectivity index (χ0n) is 15.4. The summed E-state index contributed by atoms with van der Waals surface area (Å²) in [6.45, 7) is 5.84. The molecule has 7 heteroatoms. The number of aliphatic imine (C=N–C) groups is 1. The fraction of sp³-hybridized carbons (Fsp3) is 0.632. The molecule has 1 unspecified atom stereocenters. The maximum atomic E-state index is 13.6. The van der Waals surface area contributed by atoms with Gasteiger partial charge in [-0.2, -0.15) is 0 Å². The first-order valence-electron chi connectivity index (χ1n) is 9.35. The quantitative estimate of drug-likeness (QED) is 0.378. The second-order valence-electron chi connectivity index (χ2n) is 6.20. The van der Waals surface area contributed by atoms with Gasteiger partial charge < -0.3 is 20.1 Å². The number of halogens is 2. The van der Waals surface area contributed by atoms with Crippen molar-refractivity contribution < 1.29 is 18.3 Å². The molecule has 26 heavy (non-hydrogen) atoms. The molecule has 146 valence electrons. The van der Waals surface area contributed by atoms with E-state index in [4.69, 9.17) is 9.47 Å². The molecule has 0 radical (unpaired) electrons. The standard InChI is InChI=1S/C19H29F2N3O2/c1-2-22-19(23-10-5-12-25-14-15-6-4-13-26-15)24-11-9-16-17(20)7-3-8-18(16)21/h3,7-8,15H,2,4-6,9-14H2,1H3,(H2,22,23,24). The van der Waals surface area contributed by atoms with Crippen LogP contribution in [0, 0.1) is 11.6 Å². The van der Waals surface area contributed by atoms with E-state index >= 15 is 0 Å². The molecule has 1 fully saturated rings. The molecule has 0 saturated carbocycles. The smallest absolute Gasteiger partial charge is 0.191 e. The largest absolute Gasteiger partial charge is 0.379 e. The van der Waals surface area contributed by atoms with Gasteiger partial charge in [0.1, 0.15) is 11.6 Å². The highest BCUT2D eigenvalue weighted by molar-refractivity contribution is 5.79. The molecule has 0 amide bonds. The van der Waals surface area contributed by atoms with Gasteiger partial charge in [0.05, 0.1) is 12.7 Å². The SMILES string of the molecule is CCNC(=NCCCOCC1CCCO1)NCCc1c(F)cccc1F. The van der Waals surface area contributed by atoms with Crippen LogP contribution in [0.2, 0.25) is 0 Å². The number of ether oxygens (including phenoxy) is 2. The maximum Gasteiger partial charge on any atom is 0.191 e. The summed E-state index contributed by atoms with van der Waals surface area (Å²) in [7, 11) is 0. The number of guanidine groups is 1. The molecular formula is C19H29F2N3O2. The number of rotatable bonds is 10. The molecule has 1 aliphatic rings. The van der Waals surface area contributed by atoms with Gasteiger partial charge in [-0.25, -0.2) is 8.78 Å². The van der Waals surface area contributed by atoms with Crippen molar-refractivity contribution in [1.29, 1.82) is 0 Å². The van der Waals surface area contributed by atoms with Gasteiger partial charge >= 0.3 is 0 Å². The van der Waals surface area contributed by atoms with Gasteiger partial charge in [-0.15, -0.1) is 0 Å². The average Bonchev–Trinajstić information content (AvgIpc) is 3.13. The van der Waals surface area contributed by atoms with Crippen LogP contribution < -0.4 is 10.6 Å². The average molecular weight is 369 g/mol. The third kappa shape index (κ3) is 7.25. The van der Waals surface area contributed by atoms with E-state index in [0.717, 1.165) is 32.4 Å². The first-order chi connectivity index (χ1) is 12.7. The third-order valence-electron chi connectivity index (χ3n) is 4.12. The van der Waals surface area contributed by atoms with Gasteiger partial charge in [0, 0.05) is 38.4 Å². The van der Waals surface area contributed by atoms with E-state index in [2.05, 4.69) is 15.6 Å². The minimum atomic E-state index is -0.517. The van der Waals surface area contributed by atoms with Crippen molar-refractivity contribution in [3.8, 4) is 0 Å². The lowest BCUT2D eigenvalue weighted by molar-refractivity contribution is 0.0171. The van der Waals surface area contributed by atoms with Crippen molar-refractivity contribution >= 4 is 5.96 Å². The summed E-state index contributed by atoms with van der Waals surface area (Å²) in [5, 5.41) is 6.23. The Hall–Kier alpha value is -1.73. The minimum Gasteiger partial charge on any atom is -0.379 e. The Morgan fingerprint density at radius 3 is 2.81 bits per heavy atom. The van der Waals surface area contributed by atoms with Crippen LogP contribution in [0.5, 0.6) is 0 Å². The molecule has 1 heterocycles.